The summed E-state index contributed by atoms with van der Waals surface area (Å²) in [5.41, 5.74) is 0. The van der Waals surface area contributed by atoms with Crippen molar-refractivity contribution in [3.05, 3.63) is 5.82 Å². The Morgan fingerprint density at radius 2 is 2.45 bits per heavy atom. The molecule has 1 atom stereocenters. The number of aromatic nitrogens is 2. The number of hydrogen-bond donors (Lipinski definition) is 2. The number of nitrogens with one attached hydrogen (secondary N) is 1. The standard InChI is InChI=1S/C13H22N4O2S/c1-2-4-11-15-13(20-16-11)17-6-3-5-10(9-17)7-14-8-12(18)19/h10,14H,2-9H2,1H3,(H,18,19). The first-order valence-corrected chi connectivity index (χ1v) is 7.96. The number of rotatable bonds is 7. The van der Waals surface area contributed by atoms with Crippen LogP contribution in [0.25, 0.3) is 0 Å². The third-order valence-electron chi connectivity index (χ3n) is 3.43. The van der Waals surface area contributed by atoms with E-state index in [4.69, 9.17) is 5.11 Å². The van der Waals surface area contributed by atoms with Crippen LogP contribution in [-0.4, -0.2) is 46.6 Å². The van der Waals surface area contributed by atoms with Crippen molar-refractivity contribution in [2.45, 2.75) is 32.6 Å². The molecule has 2 N–H and O–H groups in total. The lowest BCUT2D eigenvalue weighted by Crippen LogP contribution is -2.40. The van der Waals surface area contributed by atoms with Crippen molar-refractivity contribution in [2.24, 2.45) is 5.92 Å². The number of carboxylic acid groups (broad SMARTS) is 1. The Bertz CT molecular complexity index is 438. The highest BCUT2D eigenvalue weighted by atomic mass is 32.1. The molecule has 1 aromatic rings. The lowest BCUT2D eigenvalue weighted by molar-refractivity contribution is -0.136. The molecule has 2 heterocycles. The van der Waals surface area contributed by atoms with Crippen LogP contribution in [0.15, 0.2) is 0 Å². The molecule has 0 spiro atoms. The van der Waals surface area contributed by atoms with Gasteiger partial charge in [-0.15, -0.1) is 0 Å². The van der Waals surface area contributed by atoms with Crippen molar-refractivity contribution in [1.82, 2.24) is 14.7 Å². The van der Waals surface area contributed by atoms with E-state index < -0.39 is 5.97 Å². The average molecular weight is 298 g/mol. The van der Waals surface area contributed by atoms with Crippen LogP contribution in [0.4, 0.5) is 5.13 Å². The van der Waals surface area contributed by atoms with Crippen molar-refractivity contribution in [1.29, 1.82) is 0 Å². The van der Waals surface area contributed by atoms with Crippen molar-refractivity contribution >= 4 is 22.6 Å². The third kappa shape index (κ3) is 4.42. The monoisotopic (exact) mass is 298 g/mol. The van der Waals surface area contributed by atoms with Gasteiger partial charge in [0.1, 0.15) is 5.82 Å². The lowest BCUT2D eigenvalue weighted by atomic mass is 9.98. The first-order chi connectivity index (χ1) is 9.69. The Balaban J connectivity index is 1.84. The summed E-state index contributed by atoms with van der Waals surface area (Å²) >= 11 is 1.48. The van der Waals surface area contributed by atoms with Gasteiger partial charge in [-0.05, 0) is 25.2 Å². The van der Waals surface area contributed by atoms with Crippen LogP contribution in [0, 0.1) is 5.92 Å². The summed E-state index contributed by atoms with van der Waals surface area (Å²) in [5.74, 6) is 0.631. The fourth-order valence-electron chi connectivity index (χ4n) is 2.49. The van der Waals surface area contributed by atoms with Crippen LogP contribution in [0.2, 0.25) is 0 Å². The maximum Gasteiger partial charge on any atom is 0.317 e. The van der Waals surface area contributed by atoms with Crippen LogP contribution < -0.4 is 10.2 Å². The minimum atomic E-state index is -0.800. The van der Waals surface area contributed by atoms with Crippen molar-refractivity contribution in [3.63, 3.8) is 0 Å². The van der Waals surface area contributed by atoms with Gasteiger partial charge >= 0.3 is 5.97 Å². The van der Waals surface area contributed by atoms with E-state index in [0.717, 1.165) is 56.3 Å². The lowest BCUT2D eigenvalue weighted by Gasteiger charge is -2.32. The molecule has 0 amide bonds. The highest BCUT2D eigenvalue weighted by Crippen LogP contribution is 2.24. The molecule has 1 aliphatic heterocycles. The summed E-state index contributed by atoms with van der Waals surface area (Å²) < 4.78 is 4.39. The number of piperidine rings is 1. The summed E-state index contributed by atoms with van der Waals surface area (Å²) in [6.07, 6.45) is 4.28. The molecule has 0 saturated carbocycles. The number of nitrogens with zero attached hydrogens (tertiary/aromatic N) is 3. The number of carboxylic acids is 1. The predicted molar refractivity (Wildman–Crippen MR) is 79.3 cm³/mol. The fraction of sp³-hybridized carbons (Fsp3) is 0.769. The molecule has 0 radical (unpaired) electrons. The number of carbonyl (C=O) groups is 1. The molecule has 0 aromatic carbocycles. The first-order valence-electron chi connectivity index (χ1n) is 7.19. The SMILES string of the molecule is CCCc1nsc(N2CCCC(CNCC(=O)O)C2)n1. The molecule has 0 bridgehead atoms. The molecular weight excluding hydrogens is 276 g/mol. The topological polar surface area (TPSA) is 78.4 Å². The summed E-state index contributed by atoms with van der Waals surface area (Å²) in [6, 6.07) is 0. The van der Waals surface area contributed by atoms with Crippen molar-refractivity contribution < 1.29 is 9.90 Å². The number of anilines is 1. The van der Waals surface area contributed by atoms with E-state index in [9.17, 15) is 4.79 Å². The number of aryl methyl sites for hydroxylation is 1. The molecule has 7 heteroatoms. The quantitative estimate of drug-likeness (QED) is 0.792. The fourth-order valence-corrected chi connectivity index (χ4v) is 3.23. The van der Waals surface area contributed by atoms with Crippen LogP contribution in [0.5, 0.6) is 0 Å². The third-order valence-corrected chi connectivity index (χ3v) is 4.24. The Labute approximate surface area is 123 Å². The Kier molecular flexibility index (Phi) is 5.72. The molecular formula is C13H22N4O2S. The highest BCUT2D eigenvalue weighted by Gasteiger charge is 2.22. The Morgan fingerprint density at radius 1 is 1.60 bits per heavy atom. The van der Waals surface area contributed by atoms with Gasteiger partial charge in [-0.1, -0.05) is 6.92 Å². The molecule has 1 aromatic heterocycles. The van der Waals surface area contributed by atoms with Gasteiger partial charge in [0.2, 0.25) is 5.13 Å². The molecule has 112 valence electrons. The van der Waals surface area contributed by atoms with Crippen molar-refractivity contribution in [3.8, 4) is 0 Å². The zero-order valence-electron chi connectivity index (χ0n) is 11.8. The second-order valence-corrected chi connectivity index (χ2v) is 5.95. The van der Waals surface area contributed by atoms with E-state index in [0.29, 0.717) is 5.92 Å². The smallest absolute Gasteiger partial charge is 0.317 e. The minimum Gasteiger partial charge on any atom is -0.480 e. The second-order valence-electron chi connectivity index (χ2n) is 5.22. The van der Waals surface area contributed by atoms with Gasteiger partial charge in [0.05, 0.1) is 6.54 Å². The first kappa shape index (κ1) is 15.2. The summed E-state index contributed by atoms with van der Waals surface area (Å²) in [5, 5.41) is 12.6. The molecule has 1 saturated heterocycles. The maximum atomic E-state index is 10.5. The number of aliphatic carboxylic acids is 1. The molecule has 1 aliphatic rings. The zero-order chi connectivity index (χ0) is 14.4. The van der Waals surface area contributed by atoms with Gasteiger partial charge in [-0.3, -0.25) is 4.79 Å². The van der Waals surface area contributed by atoms with E-state index in [1.165, 1.54) is 11.5 Å². The molecule has 1 unspecified atom stereocenters. The Morgan fingerprint density at radius 3 is 3.20 bits per heavy atom. The van der Waals surface area contributed by atoms with Crippen LogP contribution >= 0.6 is 11.5 Å². The van der Waals surface area contributed by atoms with E-state index in [1.54, 1.807) is 0 Å². The van der Waals surface area contributed by atoms with Gasteiger partial charge < -0.3 is 15.3 Å². The maximum absolute atomic E-state index is 10.5. The highest BCUT2D eigenvalue weighted by molar-refractivity contribution is 7.09. The van der Waals surface area contributed by atoms with Gasteiger partial charge in [-0.25, -0.2) is 4.98 Å². The normalized spacial score (nSPS) is 19.2. The molecule has 0 aliphatic carbocycles. The van der Waals surface area contributed by atoms with E-state index in [-0.39, 0.29) is 6.54 Å². The largest absolute Gasteiger partial charge is 0.480 e. The molecule has 20 heavy (non-hydrogen) atoms. The summed E-state index contributed by atoms with van der Waals surface area (Å²) in [7, 11) is 0. The Hall–Kier alpha value is -1.21. The van der Waals surface area contributed by atoms with Crippen LogP contribution in [-0.2, 0) is 11.2 Å². The van der Waals surface area contributed by atoms with E-state index >= 15 is 0 Å². The predicted octanol–water partition coefficient (Wildman–Crippen LogP) is 1.38. The summed E-state index contributed by atoms with van der Waals surface area (Å²) in [6.45, 7) is 4.88. The van der Waals surface area contributed by atoms with Gasteiger partial charge in [0.15, 0.2) is 0 Å². The number of hydrogen-bond acceptors (Lipinski definition) is 6. The minimum absolute atomic E-state index is 0.0377. The summed E-state index contributed by atoms with van der Waals surface area (Å²) in [4.78, 5) is 17.4. The van der Waals surface area contributed by atoms with Gasteiger partial charge in [0, 0.05) is 37.6 Å². The molecule has 6 nitrogen and oxygen atoms in total. The van der Waals surface area contributed by atoms with Crippen molar-refractivity contribution in [2.75, 3.05) is 31.1 Å². The second kappa shape index (κ2) is 7.54. The van der Waals surface area contributed by atoms with Crippen LogP contribution in [0.3, 0.4) is 0 Å². The van der Waals surface area contributed by atoms with E-state index in [2.05, 4.69) is 26.5 Å². The van der Waals surface area contributed by atoms with Crippen LogP contribution in [0.1, 0.15) is 32.0 Å². The van der Waals surface area contributed by atoms with Gasteiger partial charge in [0.25, 0.3) is 0 Å². The molecule has 2 rings (SSSR count). The average Bonchev–Trinajstić information content (AvgIpc) is 2.88. The molecule has 1 fully saturated rings. The zero-order valence-corrected chi connectivity index (χ0v) is 12.7. The van der Waals surface area contributed by atoms with Gasteiger partial charge in [-0.2, -0.15) is 4.37 Å². The van der Waals surface area contributed by atoms with E-state index in [1.807, 2.05) is 0 Å².